The SMILES string of the molecule is CN(CCc1ccccc1)C(=O)C1(C)COCC1N. The molecule has 2 unspecified atom stereocenters. The smallest absolute Gasteiger partial charge is 0.232 e. The van der Waals surface area contributed by atoms with E-state index >= 15 is 0 Å². The number of amides is 1. The van der Waals surface area contributed by atoms with Crippen molar-refractivity contribution in [3.05, 3.63) is 35.9 Å². The Bertz CT molecular complexity index is 435. The number of hydrogen-bond donors (Lipinski definition) is 1. The molecule has 1 aliphatic rings. The summed E-state index contributed by atoms with van der Waals surface area (Å²) in [5.41, 5.74) is 6.64. The summed E-state index contributed by atoms with van der Waals surface area (Å²) in [4.78, 5) is 14.2. The van der Waals surface area contributed by atoms with E-state index in [2.05, 4.69) is 12.1 Å². The molecular weight excluding hydrogens is 240 g/mol. The lowest BCUT2D eigenvalue weighted by atomic mass is 9.84. The van der Waals surface area contributed by atoms with Gasteiger partial charge in [0.25, 0.3) is 0 Å². The summed E-state index contributed by atoms with van der Waals surface area (Å²) >= 11 is 0. The van der Waals surface area contributed by atoms with Crippen LogP contribution in [0.25, 0.3) is 0 Å². The van der Waals surface area contributed by atoms with Crippen molar-refractivity contribution in [3.63, 3.8) is 0 Å². The van der Waals surface area contributed by atoms with Crippen LogP contribution in [0.1, 0.15) is 12.5 Å². The minimum atomic E-state index is -0.578. The van der Waals surface area contributed by atoms with Gasteiger partial charge in [-0.05, 0) is 18.9 Å². The van der Waals surface area contributed by atoms with Gasteiger partial charge in [0.05, 0.1) is 18.6 Å². The van der Waals surface area contributed by atoms with Gasteiger partial charge in [-0.2, -0.15) is 0 Å². The minimum Gasteiger partial charge on any atom is -0.379 e. The van der Waals surface area contributed by atoms with Crippen molar-refractivity contribution in [1.82, 2.24) is 4.90 Å². The molecule has 4 heteroatoms. The topological polar surface area (TPSA) is 55.6 Å². The van der Waals surface area contributed by atoms with Crippen LogP contribution in [0.15, 0.2) is 30.3 Å². The molecule has 1 aromatic carbocycles. The van der Waals surface area contributed by atoms with E-state index in [0.717, 1.165) is 6.42 Å². The molecule has 2 N–H and O–H groups in total. The van der Waals surface area contributed by atoms with Crippen LogP contribution in [-0.4, -0.2) is 43.7 Å². The first-order valence-corrected chi connectivity index (χ1v) is 6.67. The third kappa shape index (κ3) is 2.96. The Kier molecular flexibility index (Phi) is 4.22. The van der Waals surface area contributed by atoms with Crippen molar-refractivity contribution in [2.75, 3.05) is 26.8 Å². The van der Waals surface area contributed by atoms with Crippen LogP contribution in [0.5, 0.6) is 0 Å². The van der Waals surface area contributed by atoms with Gasteiger partial charge in [-0.15, -0.1) is 0 Å². The van der Waals surface area contributed by atoms with E-state index in [4.69, 9.17) is 10.5 Å². The molecule has 1 aliphatic heterocycles. The number of likely N-dealkylation sites (N-methyl/N-ethyl adjacent to an activating group) is 1. The van der Waals surface area contributed by atoms with Crippen molar-refractivity contribution < 1.29 is 9.53 Å². The molecule has 0 aromatic heterocycles. The van der Waals surface area contributed by atoms with Gasteiger partial charge in [0.1, 0.15) is 0 Å². The second-order valence-electron chi connectivity index (χ2n) is 5.50. The summed E-state index contributed by atoms with van der Waals surface area (Å²) < 4.78 is 5.33. The maximum Gasteiger partial charge on any atom is 0.232 e. The lowest BCUT2D eigenvalue weighted by molar-refractivity contribution is -0.140. The summed E-state index contributed by atoms with van der Waals surface area (Å²) in [5, 5.41) is 0. The van der Waals surface area contributed by atoms with Gasteiger partial charge in [0.2, 0.25) is 5.91 Å². The van der Waals surface area contributed by atoms with E-state index in [1.807, 2.05) is 32.2 Å². The van der Waals surface area contributed by atoms with Crippen LogP contribution in [-0.2, 0) is 16.0 Å². The highest BCUT2D eigenvalue weighted by atomic mass is 16.5. The fourth-order valence-electron chi connectivity index (χ4n) is 2.39. The van der Waals surface area contributed by atoms with Crippen molar-refractivity contribution in [2.45, 2.75) is 19.4 Å². The number of rotatable bonds is 4. The number of nitrogens with two attached hydrogens (primary N) is 1. The monoisotopic (exact) mass is 262 g/mol. The normalized spacial score (nSPS) is 26.4. The van der Waals surface area contributed by atoms with E-state index < -0.39 is 5.41 Å². The summed E-state index contributed by atoms with van der Waals surface area (Å²) in [6.45, 7) is 3.48. The number of benzene rings is 1. The van der Waals surface area contributed by atoms with E-state index in [1.54, 1.807) is 4.90 Å². The first-order valence-electron chi connectivity index (χ1n) is 6.67. The predicted molar refractivity (Wildman–Crippen MR) is 74.7 cm³/mol. The second-order valence-corrected chi connectivity index (χ2v) is 5.50. The Morgan fingerprint density at radius 1 is 1.47 bits per heavy atom. The molecule has 19 heavy (non-hydrogen) atoms. The zero-order valence-electron chi connectivity index (χ0n) is 11.6. The summed E-state index contributed by atoms with van der Waals surface area (Å²) in [7, 11) is 1.83. The quantitative estimate of drug-likeness (QED) is 0.882. The second kappa shape index (κ2) is 5.72. The number of nitrogens with zero attached hydrogens (tertiary/aromatic N) is 1. The highest BCUT2D eigenvalue weighted by molar-refractivity contribution is 5.83. The maximum absolute atomic E-state index is 12.5. The average Bonchev–Trinajstić information content (AvgIpc) is 2.77. The molecule has 1 fully saturated rings. The van der Waals surface area contributed by atoms with Crippen molar-refractivity contribution in [3.8, 4) is 0 Å². The Morgan fingerprint density at radius 2 is 2.16 bits per heavy atom. The van der Waals surface area contributed by atoms with Gasteiger partial charge in [-0.1, -0.05) is 30.3 Å². The summed E-state index contributed by atoms with van der Waals surface area (Å²) in [6.07, 6.45) is 0.856. The molecule has 1 saturated heterocycles. The molecule has 0 saturated carbocycles. The number of carbonyl (C=O) groups is 1. The van der Waals surface area contributed by atoms with E-state index in [9.17, 15) is 4.79 Å². The molecule has 104 valence electrons. The number of ether oxygens (including phenoxy) is 1. The van der Waals surface area contributed by atoms with Gasteiger partial charge in [0.15, 0.2) is 0 Å². The lowest BCUT2D eigenvalue weighted by Crippen LogP contribution is -2.50. The van der Waals surface area contributed by atoms with Gasteiger partial charge in [-0.25, -0.2) is 0 Å². The van der Waals surface area contributed by atoms with Crippen LogP contribution in [0.2, 0.25) is 0 Å². The Morgan fingerprint density at radius 3 is 2.74 bits per heavy atom. The molecule has 0 bridgehead atoms. The van der Waals surface area contributed by atoms with Crippen LogP contribution in [0.3, 0.4) is 0 Å². The standard InChI is InChI=1S/C15H22N2O2/c1-15(11-19-10-13(15)16)14(18)17(2)9-8-12-6-4-3-5-7-12/h3-7,13H,8-11,16H2,1-2H3. The molecular formula is C15H22N2O2. The molecule has 0 spiro atoms. The fraction of sp³-hybridized carbons (Fsp3) is 0.533. The minimum absolute atomic E-state index is 0.0773. The van der Waals surface area contributed by atoms with Crippen molar-refractivity contribution in [2.24, 2.45) is 11.1 Å². The van der Waals surface area contributed by atoms with Crippen LogP contribution in [0.4, 0.5) is 0 Å². The van der Waals surface area contributed by atoms with Crippen LogP contribution >= 0.6 is 0 Å². The Balaban J connectivity index is 1.93. The molecule has 1 amide bonds. The summed E-state index contributed by atoms with van der Waals surface area (Å²) in [6, 6.07) is 9.96. The van der Waals surface area contributed by atoms with Crippen molar-refractivity contribution >= 4 is 5.91 Å². The van der Waals surface area contributed by atoms with Crippen LogP contribution < -0.4 is 5.73 Å². The largest absolute Gasteiger partial charge is 0.379 e. The Labute approximate surface area is 114 Å². The zero-order valence-corrected chi connectivity index (χ0v) is 11.6. The third-order valence-electron chi connectivity index (χ3n) is 3.93. The van der Waals surface area contributed by atoms with Gasteiger partial charge in [-0.3, -0.25) is 4.79 Å². The predicted octanol–water partition coefficient (Wildman–Crippen LogP) is 1.05. The van der Waals surface area contributed by atoms with Gasteiger partial charge >= 0.3 is 0 Å². The Hall–Kier alpha value is -1.39. The highest BCUT2D eigenvalue weighted by Gasteiger charge is 2.45. The molecule has 2 atom stereocenters. The third-order valence-corrected chi connectivity index (χ3v) is 3.93. The van der Waals surface area contributed by atoms with E-state index in [0.29, 0.717) is 19.8 Å². The summed E-state index contributed by atoms with van der Waals surface area (Å²) in [5.74, 6) is 0.0773. The van der Waals surface area contributed by atoms with Gasteiger partial charge < -0.3 is 15.4 Å². The van der Waals surface area contributed by atoms with E-state index in [1.165, 1.54) is 5.56 Å². The molecule has 2 rings (SSSR count). The molecule has 1 heterocycles. The fourth-order valence-corrected chi connectivity index (χ4v) is 2.39. The maximum atomic E-state index is 12.5. The van der Waals surface area contributed by atoms with Crippen LogP contribution in [0, 0.1) is 5.41 Å². The van der Waals surface area contributed by atoms with E-state index in [-0.39, 0.29) is 11.9 Å². The lowest BCUT2D eigenvalue weighted by Gasteiger charge is -2.30. The molecule has 0 aliphatic carbocycles. The number of carbonyl (C=O) groups excluding carboxylic acids is 1. The van der Waals surface area contributed by atoms with Gasteiger partial charge in [0, 0.05) is 19.6 Å². The molecule has 0 radical (unpaired) electrons. The first-order chi connectivity index (χ1) is 9.04. The highest BCUT2D eigenvalue weighted by Crippen LogP contribution is 2.29. The molecule has 4 nitrogen and oxygen atoms in total. The molecule has 1 aromatic rings. The zero-order chi connectivity index (χ0) is 13.9. The number of hydrogen-bond acceptors (Lipinski definition) is 3. The van der Waals surface area contributed by atoms with Crippen molar-refractivity contribution in [1.29, 1.82) is 0 Å². The average molecular weight is 262 g/mol. The first kappa shape index (κ1) is 14.0.